The monoisotopic (exact) mass is 411 g/mol. The Morgan fingerprint density at radius 3 is 2.07 bits per heavy atom. The number of hydrogen-bond acceptors (Lipinski definition) is 4. The number of rotatable bonds is 7. The molecule has 0 saturated carbocycles. The summed E-state index contributed by atoms with van der Waals surface area (Å²) >= 11 is 0. The average Bonchev–Trinajstić information content (AvgIpc) is 3.15. The molecule has 1 aliphatic heterocycles. The summed E-state index contributed by atoms with van der Waals surface area (Å²) in [6.45, 7) is 6.77. The predicted molar refractivity (Wildman–Crippen MR) is 117 cm³/mol. The van der Waals surface area contributed by atoms with Gasteiger partial charge >= 0.3 is 0 Å². The number of aliphatic hydroxyl groups excluding tert-OH is 1. The number of nitrogens with zero attached hydrogens (tertiary/aromatic N) is 3. The van der Waals surface area contributed by atoms with E-state index >= 15 is 0 Å². The highest BCUT2D eigenvalue weighted by Gasteiger charge is 2.52. The molecule has 0 spiro atoms. The SMILES string of the molecule is CC(C)(C)[Si](O[C@@H](CN=[N+]=[N-])[C@@H]1CCC(O)O1)(c1ccccc1)c1ccccc1. The van der Waals surface area contributed by atoms with Gasteiger partial charge in [0.05, 0.1) is 18.8 Å². The lowest BCUT2D eigenvalue weighted by Crippen LogP contribution is -2.68. The summed E-state index contributed by atoms with van der Waals surface area (Å²) in [6.07, 6.45) is -0.310. The standard InChI is InChI=1S/C22H29N3O3Si/c1-22(2,3)29(17-10-6-4-7-11-17,18-12-8-5-9-13-18)28-20(16-24-25-23)19-14-15-21(26)27-19/h4-13,19-21,26H,14-16H2,1-3H3/t19-,20-,21?/m0/s1. The van der Waals surface area contributed by atoms with Gasteiger partial charge in [0, 0.05) is 11.3 Å². The Kier molecular flexibility index (Phi) is 6.77. The maximum atomic E-state index is 9.90. The molecule has 3 atom stereocenters. The van der Waals surface area contributed by atoms with Crippen LogP contribution in [0.1, 0.15) is 33.6 Å². The molecule has 6 nitrogen and oxygen atoms in total. The highest BCUT2D eigenvalue weighted by atomic mass is 28.4. The molecular formula is C22H29N3O3Si. The van der Waals surface area contributed by atoms with Crippen LogP contribution < -0.4 is 10.4 Å². The van der Waals surface area contributed by atoms with Crippen molar-refractivity contribution in [1.82, 2.24) is 0 Å². The van der Waals surface area contributed by atoms with E-state index in [9.17, 15) is 5.11 Å². The van der Waals surface area contributed by atoms with Crippen LogP contribution in [0.3, 0.4) is 0 Å². The first-order chi connectivity index (χ1) is 13.9. The highest BCUT2D eigenvalue weighted by molar-refractivity contribution is 6.99. The zero-order valence-electron chi connectivity index (χ0n) is 17.2. The van der Waals surface area contributed by atoms with Crippen LogP contribution in [0.5, 0.6) is 0 Å². The van der Waals surface area contributed by atoms with Crippen LogP contribution in [0.25, 0.3) is 10.4 Å². The van der Waals surface area contributed by atoms with Gasteiger partial charge in [-0.05, 0) is 27.4 Å². The first-order valence-electron chi connectivity index (χ1n) is 10.0. The smallest absolute Gasteiger partial charge is 0.261 e. The minimum atomic E-state index is -2.80. The van der Waals surface area contributed by atoms with Crippen molar-refractivity contribution >= 4 is 18.7 Å². The zero-order valence-corrected chi connectivity index (χ0v) is 18.2. The summed E-state index contributed by atoms with van der Waals surface area (Å²) in [5.74, 6) is 0. The van der Waals surface area contributed by atoms with Crippen LogP contribution in [0.15, 0.2) is 65.8 Å². The average molecular weight is 412 g/mol. The second-order valence-corrected chi connectivity index (χ2v) is 12.7. The van der Waals surface area contributed by atoms with Gasteiger partial charge in [-0.25, -0.2) is 0 Å². The summed E-state index contributed by atoms with van der Waals surface area (Å²) in [5, 5.41) is 15.8. The van der Waals surface area contributed by atoms with E-state index in [2.05, 4.69) is 55.1 Å². The Morgan fingerprint density at radius 2 is 1.66 bits per heavy atom. The van der Waals surface area contributed by atoms with Crippen LogP contribution in [-0.2, 0) is 9.16 Å². The Hall–Kier alpha value is -2.15. The van der Waals surface area contributed by atoms with Crippen LogP contribution in [0.2, 0.25) is 5.04 Å². The Bertz CT molecular complexity index is 796. The molecule has 0 bridgehead atoms. The highest BCUT2D eigenvalue weighted by Crippen LogP contribution is 2.39. The molecule has 0 amide bonds. The second kappa shape index (κ2) is 9.11. The van der Waals surface area contributed by atoms with Gasteiger partial charge in [-0.2, -0.15) is 0 Å². The molecule has 1 saturated heterocycles. The van der Waals surface area contributed by atoms with E-state index in [1.807, 2.05) is 36.4 Å². The summed E-state index contributed by atoms with van der Waals surface area (Å²) < 4.78 is 12.8. The topological polar surface area (TPSA) is 87.5 Å². The lowest BCUT2D eigenvalue weighted by molar-refractivity contribution is -0.115. The molecular weight excluding hydrogens is 382 g/mol. The van der Waals surface area contributed by atoms with Crippen LogP contribution in [-0.4, -0.2) is 38.5 Å². The summed E-state index contributed by atoms with van der Waals surface area (Å²) in [6, 6.07) is 20.6. The van der Waals surface area contributed by atoms with Crippen molar-refractivity contribution < 1.29 is 14.3 Å². The Balaban J connectivity index is 2.14. The fraction of sp³-hybridized carbons (Fsp3) is 0.455. The molecule has 1 heterocycles. The normalized spacial score (nSPS) is 20.8. The number of aliphatic hydroxyl groups is 1. The number of ether oxygens (including phenoxy) is 1. The van der Waals surface area contributed by atoms with Gasteiger partial charge < -0.3 is 14.3 Å². The van der Waals surface area contributed by atoms with Crippen LogP contribution >= 0.6 is 0 Å². The van der Waals surface area contributed by atoms with Gasteiger partial charge in [0.2, 0.25) is 0 Å². The second-order valence-electron chi connectivity index (χ2n) is 8.44. The quantitative estimate of drug-likeness (QED) is 0.326. The van der Waals surface area contributed by atoms with Crippen molar-refractivity contribution in [2.24, 2.45) is 5.11 Å². The molecule has 2 aromatic rings. The van der Waals surface area contributed by atoms with Gasteiger partial charge in [-0.3, -0.25) is 0 Å². The number of hydrogen-bond donors (Lipinski definition) is 1. The van der Waals surface area contributed by atoms with Gasteiger partial charge in [-0.1, -0.05) is 86.5 Å². The van der Waals surface area contributed by atoms with Crippen molar-refractivity contribution in [3.8, 4) is 0 Å². The van der Waals surface area contributed by atoms with Gasteiger partial charge in [0.15, 0.2) is 6.29 Å². The van der Waals surface area contributed by atoms with Crippen molar-refractivity contribution in [2.75, 3.05) is 6.54 Å². The van der Waals surface area contributed by atoms with Gasteiger partial charge in [0.25, 0.3) is 8.32 Å². The van der Waals surface area contributed by atoms with Gasteiger partial charge in [-0.15, -0.1) is 0 Å². The molecule has 2 aromatic carbocycles. The van der Waals surface area contributed by atoms with E-state index < -0.39 is 20.7 Å². The van der Waals surface area contributed by atoms with Crippen molar-refractivity contribution in [3.63, 3.8) is 0 Å². The largest absolute Gasteiger partial charge is 0.402 e. The summed E-state index contributed by atoms with van der Waals surface area (Å²) in [5.41, 5.74) is 8.93. The third-order valence-electron chi connectivity index (χ3n) is 5.51. The Labute approximate surface area is 173 Å². The fourth-order valence-corrected chi connectivity index (χ4v) is 8.88. The maximum absolute atomic E-state index is 9.90. The van der Waals surface area contributed by atoms with E-state index in [1.54, 1.807) is 0 Å². The predicted octanol–water partition coefficient (Wildman–Crippen LogP) is 3.74. The molecule has 154 valence electrons. The zero-order chi connectivity index (χ0) is 20.9. The third kappa shape index (κ3) is 4.55. The molecule has 29 heavy (non-hydrogen) atoms. The molecule has 1 N–H and O–H groups in total. The molecule has 3 rings (SSSR count). The first kappa shape index (κ1) is 21.6. The maximum Gasteiger partial charge on any atom is 0.261 e. The minimum Gasteiger partial charge on any atom is -0.402 e. The molecule has 1 fully saturated rings. The lowest BCUT2D eigenvalue weighted by Gasteiger charge is -2.45. The minimum absolute atomic E-state index is 0.165. The van der Waals surface area contributed by atoms with E-state index in [0.717, 1.165) is 10.4 Å². The Morgan fingerprint density at radius 1 is 1.10 bits per heavy atom. The third-order valence-corrected chi connectivity index (χ3v) is 10.6. The molecule has 1 unspecified atom stereocenters. The lowest BCUT2D eigenvalue weighted by atomic mass is 10.1. The molecule has 1 aliphatic rings. The van der Waals surface area contributed by atoms with Crippen LogP contribution in [0, 0.1) is 0 Å². The van der Waals surface area contributed by atoms with E-state index in [1.165, 1.54) is 0 Å². The van der Waals surface area contributed by atoms with Gasteiger partial charge in [0.1, 0.15) is 0 Å². The summed E-state index contributed by atoms with van der Waals surface area (Å²) in [4.78, 5) is 2.95. The van der Waals surface area contributed by atoms with E-state index in [4.69, 9.17) is 14.7 Å². The summed E-state index contributed by atoms with van der Waals surface area (Å²) in [7, 11) is -2.80. The van der Waals surface area contributed by atoms with E-state index in [-0.39, 0.29) is 17.7 Å². The molecule has 0 aliphatic carbocycles. The van der Waals surface area contributed by atoms with E-state index in [0.29, 0.717) is 12.8 Å². The van der Waals surface area contributed by atoms with Crippen molar-refractivity contribution in [2.45, 2.75) is 57.1 Å². The number of azide groups is 1. The van der Waals surface area contributed by atoms with Crippen molar-refractivity contribution in [1.29, 1.82) is 0 Å². The fourth-order valence-electron chi connectivity index (χ4n) is 4.18. The number of benzene rings is 2. The molecule has 0 aromatic heterocycles. The first-order valence-corrected chi connectivity index (χ1v) is 11.9. The molecule has 7 heteroatoms. The molecule has 0 radical (unpaired) electrons. The van der Waals surface area contributed by atoms with Crippen LogP contribution in [0.4, 0.5) is 0 Å². The van der Waals surface area contributed by atoms with Crippen molar-refractivity contribution in [3.05, 3.63) is 71.1 Å².